The van der Waals surface area contributed by atoms with E-state index in [1.165, 1.54) is 35.5 Å². The maximum atomic E-state index is 13.9. The van der Waals surface area contributed by atoms with Crippen LogP contribution in [0.2, 0.25) is 5.02 Å². The van der Waals surface area contributed by atoms with E-state index in [0.717, 1.165) is 6.42 Å². The summed E-state index contributed by atoms with van der Waals surface area (Å²) in [7, 11) is 0. The van der Waals surface area contributed by atoms with Crippen LogP contribution >= 0.6 is 11.6 Å². The van der Waals surface area contributed by atoms with E-state index < -0.39 is 29.6 Å². The van der Waals surface area contributed by atoms with E-state index in [4.69, 9.17) is 17.3 Å². The lowest BCUT2D eigenvalue weighted by Gasteiger charge is -2.38. The average Bonchev–Trinajstić information content (AvgIpc) is 2.69. The number of aromatic nitrogens is 1. The molecule has 2 aromatic rings. The molecule has 1 aliphatic rings. The Balaban J connectivity index is 1.81. The van der Waals surface area contributed by atoms with Crippen molar-refractivity contribution in [3.8, 4) is 0 Å². The number of hydrogen-bond acceptors (Lipinski definition) is 4. The second kappa shape index (κ2) is 8.57. The van der Waals surface area contributed by atoms with E-state index in [0.29, 0.717) is 18.5 Å². The molecule has 1 aromatic heterocycles. The van der Waals surface area contributed by atoms with Gasteiger partial charge in [0.25, 0.3) is 0 Å². The van der Waals surface area contributed by atoms with Crippen molar-refractivity contribution in [2.24, 2.45) is 11.7 Å². The number of amides is 3. The van der Waals surface area contributed by atoms with Gasteiger partial charge in [-0.3, -0.25) is 19.4 Å². The molecule has 2 heterocycles. The zero-order valence-electron chi connectivity index (χ0n) is 15.7. The number of halogens is 2. The molecule has 152 valence electrons. The third-order valence-corrected chi connectivity index (χ3v) is 5.19. The van der Waals surface area contributed by atoms with E-state index in [1.807, 2.05) is 6.92 Å². The zero-order valence-corrected chi connectivity index (χ0v) is 16.4. The molecule has 3 amide bonds. The van der Waals surface area contributed by atoms with Crippen molar-refractivity contribution in [3.63, 3.8) is 0 Å². The molecule has 1 aromatic carbocycles. The Morgan fingerprint density at radius 3 is 2.69 bits per heavy atom. The summed E-state index contributed by atoms with van der Waals surface area (Å²) in [5, 5.41) is 2.44. The smallest absolute Gasteiger partial charge is 0.313 e. The fourth-order valence-corrected chi connectivity index (χ4v) is 3.52. The van der Waals surface area contributed by atoms with Crippen molar-refractivity contribution in [3.05, 3.63) is 58.6 Å². The van der Waals surface area contributed by atoms with Gasteiger partial charge in [-0.1, -0.05) is 24.6 Å². The third-order valence-electron chi connectivity index (χ3n) is 4.88. The highest BCUT2D eigenvalue weighted by molar-refractivity contribution is 6.39. The lowest BCUT2D eigenvalue weighted by atomic mass is 9.89. The van der Waals surface area contributed by atoms with Crippen LogP contribution in [0, 0.1) is 11.7 Å². The van der Waals surface area contributed by atoms with Crippen LogP contribution in [0.15, 0.2) is 36.7 Å². The van der Waals surface area contributed by atoms with Crippen molar-refractivity contribution in [2.75, 3.05) is 11.9 Å². The molecule has 1 saturated heterocycles. The van der Waals surface area contributed by atoms with Gasteiger partial charge < -0.3 is 16.0 Å². The SMILES string of the molecule is C[C@H]1CC[C@H](c2ccc(Cl)c(F)c2)N(C(=O)C(=O)Nc2cncc(C(N)=O)c2)C1. The molecule has 2 atom stereocenters. The Kier molecular flexibility index (Phi) is 6.12. The lowest BCUT2D eigenvalue weighted by Crippen LogP contribution is -2.46. The predicted octanol–water partition coefficient (Wildman–Crippen LogP) is 2.91. The molecule has 1 fully saturated rings. The van der Waals surface area contributed by atoms with Crippen molar-refractivity contribution < 1.29 is 18.8 Å². The van der Waals surface area contributed by atoms with Gasteiger partial charge in [0, 0.05) is 12.7 Å². The summed E-state index contributed by atoms with van der Waals surface area (Å²) in [6.07, 6.45) is 4.00. The summed E-state index contributed by atoms with van der Waals surface area (Å²) in [5.74, 6) is -2.70. The number of primary amides is 1. The fraction of sp³-hybridized carbons (Fsp3) is 0.300. The van der Waals surface area contributed by atoms with Gasteiger partial charge in [0.1, 0.15) is 5.82 Å². The predicted molar refractivity (Wildman–Crippen MR) is 106 cm³/mol. The van der Waals surface area contributed by atoms with Crippen LogP contribution < -0.4 is 11.1 Å². The number of nitrogens with two attached hydrogens (primary N) is 1. The maximum Gasteiger partial charge on any atom is 0.313 e. The summed E-state index contributed by atoms with van der Waals surface area (Å²) in [4.78, 5) is 42.0. The number of anilines is 1. The largest absolute Gasteiger partial charge is 0.366 e. The molecule has 3 rings (SSSR count). The topological polar surface area (TPSA) is 105 Å². The number of nitrogens with zero attached hydrogens (tertiary/aromatic N) is 2. The standard InChI is InChI=1S/C20H20ClFN4O3/c1-11-2-5-17(12-3-4-15(21)16(22)7-12)26(10-11)20(29)19(28)25-14-6-13(18(23)27)8-24-9-14/h3-4,6-9,11,17H,2,5,10H2,1H3,(H2,23,27)(H,25,28)/t11-,17+/m0/s1. The van der Waals surface area contributed by atoms with Gasteiger partial charge in [-0.15, -0.1) is 0 Å². The Morgan fingerprint density at radius 2 is 2.00 bits per heavy atom. The van der Waals surface area contributed by atoms with E-state index in [1.54, 1.807) is 6.07 Å². The molecule has 0 spiro atoms. The maximum absolute atomic E-state index is 13.9. The van der Waals surface area contributed by atoms with Crippen LogP contribution in [0.3, 0.4) is 0 Å². The molecule has 9 heteroatoms. The third kappa shape index (κ3) is 4.71. The summed E-state index contributed by atoms with van der Waals surface area (Å²) >= 11 is 5.76. The Morgan fingerprint density at radius 1 is 1.24 bits per heavy atom. The van der Waals surface area contributed by atoms with Crippen LogP contribution in [-0.4, -0.2) is 34.2 Å². The van der Waals surface area contributed by atoms with Crippen LogP contribution in [0.1, 0.15) is 41.7 Å². The molecule has 7 nitrogen and oxygen atoms in total. The molecule has 1 aliphatic heterocycles. The molecule has 0 aliphatic carbocycles. The number of nitrogens with one attached hydrogen (secondary N) is 1. The van der Waals surface area contributed by atoms with Gasteiger partial charge in [-0.25, -0.2) is 4.39 Å². The Hall–Kier alpha value is -3.00. The Bertz CT molecular complexity index is 968. The zero-order chi connectivity index (χ0) is 21.1. The van der Waals surface area contributed by atoms with Crippen molar-refractivity contribution in [2.45, 2.75) is 25.8 Å². The first-order valence-electron chi connectivity index (χ1n) is 9.08. The number of hydrogen-bond donors (Lipinski definition) is 2. The first kappa shape index (κ1) is 20.7. The second-order valence-corrected chi connectivity index (χ2v) is 7.52. The minimum absolute atomic E-state index is 0.00428. The van der Waals surface area contributed by atoms with Crippen LogP contribution in [0.5, 0.6) is 0 Å². The summed E-state index contributed by atoms with van der Waals surface area (Å²) in [5.41, 5.74) is 6.07. The lowest BCUT2D eigenvalue weighted by molar-refractivity contribution is -0.146. The molecule has 3 N–H and O–H groups in total. The highest BCUT2D eigenvalue weighted by atomic mass is 35.5. The summed E-state index contributed by atoms with van der Waals surface area (Å²) in [6, 6.07) is 5.29. The number of carbonyl (C=O) groups excluding carboxylic acids is 3. The van der Waals surface area contributed by atoms with E-state index in [2.05, 4.69) is 10.3 Å². The van der Waals surface area contributed by atoms with Crippen LogP contribution in [-0.2, 0) is 9.59 Å². The minimum atomic E-state index is -0.873. The van der Waals surface area contributed by atoms with Gasteiger partial charge in [0.05, 0.1) is 28.5 Å². The minimum Gasteiger partial charge on any atom is -0.366 e. The molecule has 0 bridgehead atoms. The molecular formula is C20H20ClFN4O3. The number of likely N-dealkylation sites (tertiary alicyclic amines) is 1. The van der Waals surface area contributed by atoms with Gasteiger partial charge in [-0.2, -0.15) is 0 Å². The number of benzene rings is 1. The van der Waals surface area contributed by atoms with Gasteiger partial charge >= 0.3 is 11.8 Å². The van der Waals surface area contributed by atoms with Gasteiger partial charge in [0.15, 0.2) is 0 Å². The highest BCUT2D eigenvalue weighted by Crippen LogP contribution is 2.34. The average molecular weight is 419 g/mol. The Labute approximate surface area is 172 Å². The first-order chi connectivity index (χ1) is 13.8. The van der Waals surface area contributed by atoms with E-state index in [-0.39, 0.29) is 22.2 Å². The van der Waals surface area contributed by atoms with E-state index in [9.17, 15) is 18.8 Å². The number of pyridine rings is 1. The number of carbonyl (C=O) groups is 3. The monoisotopic (exact) mass is 418 g/mol. The second-order valence-electron chi connectivity index (χ2n) is 7.11. The van der Waals surface area contributed by atoms with Crippen molar-refractivity contribution >= 4 is 35.0 Å². The molecular weight excluding hydrogens is 399 g/mol. The number of piperidine rings is 1. The van der Waals surface area contributed by atoms with Crippen LogP contribution in [0.25, 0.3) is 0 Å². The molecule has 0 unspecified atom stereocenters. The van der Waals surface area contributed by atoms with E-state index >= 15 is 0 Å². The van der Waals surface area contributed by atoms with Crippen molar-refractivity contribution in [1.29, 1.82) is 0 Å². The van der Waals surface area contributed by atoms with Crippen LogP contribution in [0.4, 0.5) is 10.1 Å². The quantitative estimate of drug-likeness (QED) is 0.747. The molecule has 0 saturated carbocycles. The van der Waals surface area contributed by atoms with Gasteiger partial charge in [0.2, 0.25) is 5.91 Å². The normalized spacial score (nSPS) is 18.9. The summed E-state index contributed by atoms with van der Waals surface area (Å²) in [6.45, 7) is 2.35. The van der Waals surface area contributed by atoms with Crippen molar-refractivity contribution in [1.82, 2.24) is 9.88 Å². The fourth-order valence-electron chi connectivity index (χ4n) is 3.40. The molecule has 29 heavy (non-hydrogen) atoms. The number of rotatable bonds is 3. The first-order valence-corrected chi connectivity index (χ1v) is 9.45. The summed E-state index contributed by atoms with van der Waals surface area (Å²) < 4.78 is 13.9. The van der Waals surface area contributed by atoms with Gasteiger partial charge in [-0.05, 0) is 42.5 Å². The highest BCUT2D eigenvalue weighted by Gasteiger charge is 2.34. The molecule has 0 radical (unpaired) electrons.